The standard InChI is InChI=1S/C15H22N2O2/c1-10(2)14-12(6-5-9-19-14)15(18)17-13-7-4-8-16-11(13)3/h4,7-8,10,12,14H,5-6,9H2,1-3H3,(H,17,18). The van der Waals surface area contributed by atoms with E-state index < -0.39 is 0 Å². The summed E-state index contributed by atoms with van der Waals surface area (Å²) in [5, 5.41) is 2.98. The summed E-state index contributed by atoms with van der Waals surface area (Å²) in [6.45, 7) is 6.86. The summed E-state index contributed by atoms with van der Waals surface area (Å²) in [7, 11) is 0. The summed E-state index contributed by atoms with van der Waals surface area (Å²) in [6.07, 6.45) is 3.60. The van der Waals surface area contributed by atoms with Crippen molar-refractivity contribution in [3.63, 3.8) is 0 Å². The van der Waals surface area contributed by atoms with Crippen molar-refractivity contribution in [2.75, 3.05) is 11.9 Å². The van der Waals surface area contributed by atoms with Crippen molar-refractivity contribution in [2.24, 2.45) is 11.8 Å². The minimum atomic E-state index is -0.0617. The third kappa shape index (κ3) is 3.32. The Bertz CT molecular complexity index is 446. The van der Waals surface area contributed by atoms with Crippen LogP contribution in [0.15, 0.2) is 18.3 Å². The lowest BCUT2D eigenvalue weighted by molar-refractivity contribution is -0.131. The number of carbonyl (C=O) groups is 1. The molecule has 4 heteroatoms. The molecule has 4 nitrogen and oxygen atoms in total. The highest BCUT2D eigenvalue weighted by atomic mass is 16.5. The minimum absolute atomic E-state index is 0.0192. The SMILES string of the molecule is Cc1ncccc1NC(=O)C1CCCOC1C(C)C. The largest absolute Gasteiger partial charge is 0.377 e. The third-order valence-corrected chi connectivity index (χ3v) is 3.62. The van der Waals surface area contributed by atoms with Crippen LogP contribution in [0.25, 0.3) is 0 Å². The van der Waals surface area contributed by atoms with Crippen LogP contribution >= 0.6 is 0 Å². The van der Waals surface area contributed by atoms with E-state index in [1.807, 2.05) is 19.1 Å². The first kappa shape index (κ1) is 14.0. The van der Waals surface area contributed by atoms with Gasteiger partial charge in [-0.2, -0.15) is 0 Å². The Morgan fingerprint density at radius 3 is 3.00 bits per heavy atom. The molecule has 1 aliphatic heterocycles. The zero-order valence-electron chi connectivity index (χ0n) is 11.8. The zero-order chi connectivity index (χ0) is 13.8. The highest BCUT2D eigenvalue weighted by Gasteiger charge is 2.33. The predicted molar refractivity (Wildman–Crippen MR) is 74.9 cm³/mol. The van der Waals surface area contributed by atoms with Gasteiger partial charge in [-0.1, -0.05) is 13.8 Å². The van der Waals surface area contributed by atoms with E-state index in [1.165, 1.54) is 0 Å². The Morgan fingerprint density at radius 2 is 2.32 bits per heavy atom. The zero-order valence-corrected chi connectivity index (χ0v) is 11.8. The molecule has 0 aromatic carbocycles. The monoisotopic (exact) mass is 262 g/mol. The lowest BCUT2D eigenvalue weighted by Gasteiger charge is -2.33. The molecular weight excluding hydrogens is 240 g/mol. The van der Waals surface area contributed by atoms with Gasteiger partial charge in [-0.15, -0.1) is 0 Å². The first-order valence-electron chi connectivity index (χ1n) is 6.93. The van der Waals surface area contributed by atoms with Crippen LogP contribution in [0, 0.1) is 18.8 Å². The Morgan fingerprint density at radius 1 is 1.53 bits per heavy atom. The molecule has 1 aromatic rings. The highest BCUT2D eigenvalue weighted by Crippen LogP contribution is 2.27. The van der Waals surface area contributed by atoms with Crippen molar-refractivity contribution in [1.29, 1.82) is 0 Å². The number of aryl methyl sites for hydroxylation is 1. The lowest BCUT2D eigenvalue weighted by Crippen LogP contribution is -2.41. The van der Waals surface area contributed by atoms with Crippen molar-refractivity contribution in [1.82, 2.24) is 4.98 Å². The molecule has 1 aliphatic rings. The van der Waals surface area contributed by atoms with Gasteiger partial charge < -0.3 is 10.1 Å². The summed E-state index contributed by atoms with van der Waals surface area (Å²) < 4.78 is 5.76. The van der Waals surface area contributed by atoms with Crippen LogP contribution in [0.2, 0.25) is 0 Å². The van der Waals surface area contributed by atoms with Gasteiger partial charge in [0, 0.05) is 12.8 Å². The predicted octanol–water partition coefficient (Wildman–Crippen LogP) is 2.78. The quantitative estimate of drug-likeness (QED) is 0.911. The second kappa shape index (κ2) is 6.15. The lowest BCUT2D eigenvalue weighted by atomic mass is 9.86. The summed E-state index contributed by atoms with van der Waals surface area (Å²) in [4.78, 5) is 16.6. The van der Waals surface area contributed by atoms with Gasteiger partial charge in [-0.05, 0) is 37.8 Å². The smallest absolute Gasteiger partial charge is 0.230 e. The molecule has 0 saturated carbocycles. The normalized spacial score (nSPS) is 23.4. The molecule has 1 amide bonds. The molecule has 2 heterocycles. The Labute approximate surface area is 114 Å². The van der Waals surface area contributed by atoms with Gasteiger partial charge in [-0.25, -0.2) is 0 Å². The van der Waals surface area contributed by atoms with Gasteiger partial charge in [0.2, 0.25) is 5.91 Å². The average molecular weight is 262 g/mol. The van der Waals surface area contributed by atoms with Gasteiger partial charge >= 0.3 is 0 Å². The van der Waals surface area contributed by atoms with Crippen molar-refractivity contribution in [2.45, 2.75) is 39.7 Å². The molecule has 1 aromatic heterocycles. The molecule has 104 valence electrons. The third-order valence-electron chi connectivity index (χ3n) is 3.62. The maximum Gasteiger partial charge on any atom is 0.230 e. The molecule has 0 aliphatic carbocycles. The maximum atomic E-state index is 12.4. The number of nitrogens with one attached hydrogen (secondary N) is 1. The number of amides is 1. The average Bonchev–Trinajstić information content (AvgIpc) is 2.41. The second-order valence-electron chi connectivity index (χ2n) is 5.45. The van der Waals surface area contributed by atoms with Crippen molar-refractivity contribution < 1.29 is 9.53 Å². The molecule has 0 bridgehead atoms. The number of anilines is 1. The van der Waals surface area contributed by atoms with E-state index >= 15 is 0 Å². The second-order valence-corrected chi connectivity index (χ2v) is 5.45. The number of nitrogens with zero attached hydrogens (tertiary/aromatic N) is 1. The molecule has 2 atom stereocenters. The van der Waals surface area contributed by atoms with E-state index in [-0.39, 0.29) is 17.9 Å². The van der Waals surface area contributed by atoms with Crippen LogP contribution in [0.4, 0.5) is 5.69 Å². The van der Waals surface area contributed by atoms with Crippen molar-refractivity contribution in [3.8, 4) is 0 Å². The molecule has 0 radical (unpaired) electrons. The van der Waals surface area contributed by atoms with Crippen LogP contribution in [0.1, 0.15) is 32.4 Å². The molecule has 1 saturated heterocycles. The first-order chi connectivity index (χ1) is 9.09. The van der Waals surface area contributed by atoms with Crippen molar-refractivity contribution in [3.05, 3.63) is 24.0 Å². The van der Waals surface area contributed by atoms with E-state index in [0.717, 1.165) is 30.8 Å². The van der Waals surface area contributed by atoms with Crippen LogP contribution in [-0.4, -0.2) is 23.6 Å². The summed E-state index contributed by atoms with van der Waals surface area (Å²) in [5.74, 6) is 0.342. The van der Waals surface area contributed by atoms with E-state index in [2.05, 4.69) is 24.1 Å². The summed E-state index contributed by atoms with van der Waals surface area (Å²) >= 11 is 0. The fourth-order valence-corrected chi connectivity index (χ4v) is 2.58. The van der Waals surface area contributed by atoms with E-state index in [0.29, 0.717) is 5.92 Å². The van der Waals surface area contributed by atoms with Gasteiger partial charge in [0.05, 0.1) is 23.4 Å². The van der Waals surface area contributed by atoms with E-state index in [4.69, 9.17) is 4.74 Å². The molecule has 2 unspecified atom stereocenters. The molecular formula is C15H22N2O2. The minimum Gasteiger partial charge on any atom is -0.377 e. The molecule has 19 heavy (non-hydrogen) atoms. The number of ether oxygens (including phenoxy) is 1. The number of rotatable bonds is 3. The number of hydrogen-bond donors (Lipinski definition) is 1. The van der Waals surface area contributed by atoms with Crippen LogP contribution < -0.4 is 5.32 Å². The van der Waals surface area contributed by atoms with E-state index in [1.54, 1.807) is 6.20 Å². The van der Waals surface area contributed by atoms with E-state index in [9.17, 15) is 4.79 Å². The fourth-order valence-electron chi connectivity index (χ4n) is 2.58. The topological polar surface area (TPSA) is 51.2 Å². The maximum absolute atomic E-state index is 12.4. The molecule has 2 rings (SSSR count). The number of hydrogen-bond acceptors (Lipinski definition) is 3. The number of aromatic nitrogens is 1. The highest BCUT2D eigenvalue weighted by molar-refractivity contribution is 5.93. The molecule has 1 fully saturated rings. The Hall–Kier alpha value is -1.42. The van der Waals surface area contributed by atoms with Crippen LogP contribution in [-0.2, 0) is 9.53 Å². The van der Waals surface area contributed by atoms with Crippen LogP contribution in [0.3, 0.4) is 0 Å². The number of carbonyl (C=O) groups excluding carboxylic acids is 1. The molecule has 0 spiro atoms. The Balaban J connectivity index is 2.08. The van der Waals surface area contributed by atoms with Gasteiger partial charge in [0.25, 0.3) is 0 Å². The summed E-state index contributed by atoms with van der Waals surface area (Å²) in [5.41, 5.74) is 1.63. The first-order valence-corrected chi connectivity index (χ1v) is 6.93. The van der Waals surface area contributed by atoms with Gasteiger partial charge in [-0.3, -0.25) is 9.78 Å². The fraction of sp³-hybridized carbons (Fsp3) is 0.600. The summed E-state index contributed by atoms with van der Waals surface area (Å²) in [6, 6.07) is 3.72. The Kier molecular flexibility index (Phi) is 4.53. The number of pyridine rings is 1. The van der Waals surface area contributed by atoms with Crippen molar-refractivity contribution >= 4 is 11.6 Å². The van der Waals surface area contributed by atoms with Gasteiger partial charge in [0.1, 0.15) is 0 Å². The molecule has 1 N–H and O–H groups in total. The van der Waals surface area contributed by atoms with Crippen LogP contribution in [0.5, 0.6) is 0 Å². The van der Waals surface area contributed by atoms with Gasteiger partial charge in [0.15, 0.2) is 0 Å².